The topological polar surface area (TPSA) is 88.4 Å². The lowest BCUT2D eigenvalue weighted by Gasteiger charge is -2.13. The van der Waals surface area contributed by atoms with Crippen molar-refractivity contribution in [3.05, 3.63) is 65.5 Å². The molecule has 0 aliphatic heterocycles. The lowest BCUT2D eigenvalue weighted by atomic mass is 10.1. The second-order valence-electron chi connectivity index (χ2n) is 6.90. The van der Waals surface area contributed by atoms with Crippen LogP contribution < -0.4 is 14.2 Å². The summed E-state index contributed by atoms with van der Waals surface area (Å²) < 4.78 is 22.8. The Morgan fingerprint density at radius 2 is 1.66 bits per heavy atom. The Morgan fingerprint density at radius 1 is 0.969 bits per heavy atom. The summed E-state index contributed by atoms with van der Waals surface area (Å²) in [5.41, 5.74) is 1.29. The third kappa shape index (κ3) is 3.39. The molecule has 0 amide bonds. The van der Waals surface area contributed by atoms with Crippen molar-refractivity contribution in [3.63, 3.8) is 0 Å². The first-order chi connectivity index (χ1) is 15.5. The number of hydrogen-bond donors (Lipinski definition) is 0. The van der Waals surface area contributed by atoms with Gasteiger partial charge in [-0.1, -0.05) is 24.3 Å². The Kier molecular flexibility index (Phi) is 5.68. The van der Waals surface area contributed by atoms with Gasteiger partial charge in [0.25, 0.3) is 0 Å². The molecule has 8 heteroatoms. The van der Waals surface area contributed by atoms with Crippen molar-refractivity contribution in [2.75, 3.05) is 27.9 Å². The highest BCUT2D eigenvalue weighted by Gasteiger charge is 2.25. The highest BCUT2D eigenvalue weighted by Crippen LogP contribution is 2.39. The number of esters is 1. The van der Waals surface area contributed by atoms with Crippen molar-refractivity contribution < 1.29 is 28.5 Å². The van der Waals surface area contributed by atoms with Crippen LogP contribution >= 0.6 is 0 Å². The molecule has 8 nitrogen and oxygen atoms in total. The maximum absolute atomic E-state index is 13.6. The molecular weight excluding hydrogens is 412 g/mol. The number of rotatable bonds is 7. The van der Waals surface area contributed by atoms with Crippen LogP contribution in [0.1, 0.15) is 33.3 Å². The highest BCUT2D eigenvalue weighted by atomic mass is 16.5. The predicted octanol–water partition coefficient (Wildman–Crippen LogP) is 3.92. The smallest absolute Gasteiger partial charge is 0.340 e. The molecule has 0 aliphatic carbocycles. The summed E-state index contributed by atoms with van der Waals surface area (Å²) in [5, 5.41) is 6.07. The van der Waals surface area contributed by atoms with Gasteiger partial charge < -0.3 is 18.9 Å². The molecule has 0 fully saturated rings. The number of benzene rings is 2. The number of ketones is 1. The van der Waals surface area contributed by atoms with E-state index in [0.29, 0.717) is 28.3 Å². The highest BCUT2D eigenvalue weighted by molar-refractivity contribution is 6.14. The van der Waals surface area contributed by atoms with E-state index in [2.05, 4.69) is 5.10 Å². The van der Waals surface area contributed by atoms with E-state index >= 15 is 0 Å². The minimum atomic E-state index is -0.521. The standard InChI is InChI=1S/C24H22N2O6/c1-5-32-24(28)17-12-18(26-21(17)16-9-7-6-8-14(16)13-25-26)22(27)15-10-19(29-2)23(31-4)20(11-15)30-3/h6-13H,5H2,1-4H3. The number of methoxy groups -OCH3 is 3. The first kappa shape index (κ1) is 21.2. The average molecular weight is 434 g/mol. The van der Waals surface area contributed by atoms with Crippen LogP contribution in [0.5, 0.6) is 17.2 Å². The molecule has 32 heavy (non-hydrogen) atoms. The predicted molar refractivity (Wildman–Crippen MR) is 118 cm³/mol. The fourth-order valence-corrected chi connectivity index (χ4v) is 3.71. The summed E-state index contributed by atoms with van der Waals surface area (Å²) in [4.78, 5) is 26.3. The van der Waals surface area contributed by atoms with E-state index in [0.717, 1.165) is 10.8 Å². The SMILES string of the molecule is CCOC(=O)c1cc(C(=O)c2cc(OC)c(OC)c(OC)c2)n2ncc3ccccc3c12. The van der Waals surface area contributed by atoms with Gasteiger partial charge in [-0.2, -0.15) is 5.10 Å². The van der Waals surface area contributed by atoms with Gasteiger partial charge in [-0.25, -0.2) is 9.31 Å². The minimum absolute atomic E-state index is 0.211. The van der Waals surface area contributed by atoms with E-state index in [1.54, 1.807) is 25.3 Å². The summed E-state index contributed by atoms with van der Waals surface area (Å²) in [6, 6.07) is 12.2. The van der Waals surface area contributed by atoms with E-state index in [4.69, 9.17) is 18.9 Å². The molecule has 2 heterocycles. The second kappa shape index (κ2) is 8.58. The molecule has 0 radical (unpaired) electrons. The molecular formula is C24H22N2O6. The van der Waals surface area contributed by atoms with Crippen molar-refractivity contribution in [2.24, 2.45) is 0 Å². The van der Waals surface area contributed by atoms with Crippen LogP contribution in [-0.4, -0.2) is 49.3 Å². The van der Waals surface area contributed by atoms with Gasteiger partial charge in [-0.15, -0.1) is 0 Å². The van der Waals surface area contributed by atoms with Gasteiger partial charge in [-0.3, -0.25) is 4.79 Å². The molecule has 0 spiro atoms. The molecule has 2 aromatic heterocycles. The second-order valence-corrected chi connectivity index (χ2v) is 6.90. The molecule has 0 saturated heterocycles. The van der Waals surface area contributed by atoms with Crippen LogP contribution in [-0.2, 0) is 4.74 Å². The van der Waals surface area contributed by atoms with Crippen LogP contribution in [0.3, 0.4) is 0 Å². The normalized spacial score (nSPS) is 10.9. The number of ether oxygens (including phenoxy) is 4. The molecule has 0 atom stereocenters. The molecule has 2 aromatic carbocycles. The van der Waals surface area contributed by atoms with Gasteiger partial charge in [-0.05, 0) is 25.1 Å². The quantitative estimate of drug-likeness (QED) is 0.322. The number of hydrogen-bond acceptors (Lipinski definition) is 7. The van der Waals surface area contributed by atoms with Crippen molar-refractivity contribution in [1.82, 2.24) is 9.61 Å². The molecule has 0 aliphatic rings. The Labute approximate surface area is 184 Å². The van der Waals surface area contributed by atoms with E-state index in [9.17, 15) is 9.59 Å². The maximum atomic E-state index is 13.6. The minimum Gasteiger partial charge on any atom is -0.493 e. The average Bonchev–Trinajstić information content (AvgIpc) is 3.23. The molecule has 0 saturated carbocycles. The number of carbonyl (C=O) groups excluding carboxylic acids is 2. The number of nitrogens with zero attached hydrogens (tertiary/aromatic N) is 2. The third-order valence-electron chi connectivity index (χ3n) is 5.16. The van der Waals surface area contributed by atoms with Gasteiger partial charge in [0.05, 0.1) is 45.2 Å². The molecule has 0 N–H and O–H groups in total. The van der Waals surface area contributed by atoms with Crippen LogP contribution in [0.2, 0.25) is 0 Å². The van der Waals surface area contributed by atoms with E-state index < -0.39 is 5.97 Å². The Bertz CT molecular complexity index is 1320. The molecule has 0 bridgehead atoms. The summed E-state index contributed by atoms with van der Waals surface area (Å²) in [5.74, 6) is 0.188. The zero-order valence-corrected chi connectivity index (χ0v) is 18.2. The van der Waals surface area contributed by atoms with Crippen LogP contribution in [0.25, 0.3) is 16.3 Å². The van der Waals surface area contributed by atoms with Crippen LogP contribution in [0.15, 0.2) is 48.7 Å². The van der Waals surface area contributed by atoms with Gasteiger partial charge in [0.1, 0.15) is 5.69 Å². The summed E-state index contributed by atoms with van der Waals surface area (Å²) in [6.45, 7) is 1.94. The maximum Gasteiger partial charge on any atom is 0.340 e. The van der Waals surface area contributed by atoms with E-state index in [-0.39, 0.29) is 23.6 Å². The summed E-state index contributed by atoms with van der Waals surface area (Å²) in [6.07, 6.45) is 1.66. The fraction of sp³-hybridized carbons (Fsp3) is 0.208. The zero-order valence-electron chi connectivity index (χ0n) is 18.2. The molecule has 0 unspecified atom stereocenters. The lowest BCUT2D eigenvalue weighted by Crippen LogP contribution is -2.08. The Morgan fingerprint density at radius 3 is 2.28 bits per heavy atom. The monoisotopic (exact) mass is 434 g/mol. The van der Waals surface area contributed by atoms with Crippen molar-refractivity contribution in [2.45, 2.75) is 6.92 Å². The fourth-order valence-electron chi connectivity index (χ4n) is 3.71. The third-order valence-corrected chi connectivity index (χ3v) is 5.16. The first-order valence-electron chi connectivity index (χ1n) is 9.95. The summed E-state index contributed by atoms with van der Waals surface area (Å²) in [7, 11) is 4.44. The van der Waals surface area contributed by atoms with Crippen LogP contribution in [0, 0.1) is 0 Å². The van der Waals surface area contributed by atoms with Gasteiger partial charge in [0.2, 0.25) is 11.5 Å². The zero-order chi connectivity index (χ0) is 22.8. The first-order valence-corrected chi connectivity index (χ1v) is 9.95. The Balaban J connectivity index is 1.96. The number of carbonyl (C=O) groups is 2. The van der Waals surface area contributed by atoms with E-state index in [1.165, 1.54) is 31.9 Å². The van der Waals surface area contributed by atoms with Crippen molar-refractivity contribution >= 4 is 28.0 Å². The van der Waals surface area contributed by atoms with E-state index in [1.807, 2.05) is 24.3 Å². The van der Waals surface area contributed by atoms with Gasteiger partial charge in [0, 0.05) is 16.3 Å². The van der Waals surface area contributed by atoms with Gasteiger partial charge >= 0.3 is 5.97 Å². The molecule has 4 aromatic rings. The number of aromatic nitrogens is 2. The molecule has 164 valence electrons. The lowest BCUT2D eigenvalue weighted by molar-refractivity contribution is 0.0529. The van der Waals surface area contributed by atoms with Crippen molar-refractivity contribution in [3.8, 4) is 17.2 Å². The van der Waals surface area contributed by atoms with Crippen LogP contribution in [0.4, 0.5) is 0 Å². The largest absolute Gasteiger partial charge is 0.493 e. The molecule has 4 rings (SSSR count). The number of fused-ring (bicyclic) bond motifs is 3. The Hall–Kier alpha value is -4.07. The van der Waals surface area contributed by atoms with Gasteiger partial charge in [0.15, 0.2) is 11.5 Å². The summed E-state index contributed by atoms with van der Waals surface area (Å²) >= 11 is 0. The van der Waals surface area contributed by atoms with Crippen molar-refractivity contribution in [1.29, 1.82) is 0 Å².